The molecule has 5 heteroatoms. The maximum atomic E-state index is 13.3. The van der Waals surface area contributed by atoms with Gasteiger partial charge in [-0.05, 0) is 122 Å². The molecule has 0 radical (unpaired) electrons. The lowest BCUT2D eigenvalue weighted by Gasteiger charge is -2.34. The molecule has 1 heterocycles. The molecular weight excluding hydrogens is 592 g/mol. The molecule has 280 valence electrons. The van der Waals surface area contributed by atoms with Gasteiger partial charge in [0.1, 0.15) is 6.10 Å². The standard InChI is InChI=1S/C43H80N2O3/c1-4-7-10-13-16-19-22-25-30-41(31-26-23-20-17-14-11-8-5-2)42(32-27-24-21-18-15-12-9-6-3)48-43(47)33-28-29-34-44-35-37-45(38-36-44)39-40-46/h16-21,41-42,46H,4-15,22-40H2,1-3H3/b19-16-,20-17-,21-18-. The Morgan fingerprint density at radius 3 is 1.42 bits per heavy atom. The number of nitrogens with zero attached hydrogens (tertiary/aromatic N) is 2. The van der Waals surface area contributed by atoms with Gasteiger partial charge in [0.2, 0.25) is 0 Å². The molecule has 48 heavy (non-hydrogen) atoms. The highest BCUT2D eigenvalue weighted by atomic mass is 16.5. The molecule has 0 saturated carbocycles. The molecule has 0 aliphatic carbocycles. The molecule has 1 aliphatic rings. The molecule has 1 N–H and O–H groups in total. The van der Waals surface area contributed by atoms with Gasteiger partial charge in [-0.1, -0.05) is 95.8 Å². The number of rotatable bonds is 33. The number of hydrogen-bond donors (Lipinski definition) is 1. The first-order valence-electron chi connectivity index (χ1n) is 20.8. The Kier molecular flexibility index (Phi) is 31.6. The first-order valence-corrected chi connectivity index (χ1v) is 20.8. The molecule has 0 bridgehead atoms. The molecule has 1 unspecified atom stereocenters. The average Bonchev–Trinajstić information content (AvgIpc) is 3.09. The zero-order chi connectivity index (χ0) is 34.8. The molecule has 0 spiro atoms. The van der Waals surface area contributed by atoms with Crippen molar-refractivity contribution in [1.82, 2.24) is 9.80 Å². The van der Waals surface area contributed by atoms with Crippen molar-refractivity contribution in [3.63, 3.8) is 0 Å². The summed E-state index contributed by atoms with van der Waals surface area (Å²) in [5.41, 5.74) is 0. The summed E-state index contributed by atoms with van der Waals surface area (Å²) < 4.78 is 6.41. The van der Waals surface area contributed by atoms with Gasteiger partial charge < -0.3 is 14.7 Å². The number of allylic oxidation sites excluding steroid dienone is 6. The molecule has 5 nitrogen and oxygen atoms in total. The van der Waals surface area contributed by atoms with Crippen LogP contribution in [-0.2, 0) is 9.53 Å². The fourth-order valence-electron chi connectivity index (χ4n) is 6.79. The van der Waals surface area contributed by atoms with Gasteiger partial charge in [-0.2, -0.15) is 0 Å². The maximum absolute atomic E-state index is 13.3. The van der Waals surface area contributed by atoms with Gasteiger partial charge in [0, 0.05) is 39.1 Å². The van der Waals surface area contributed by atoms with Crippen LogP contribution in [0.2, 0.25) is 0 Å². The van der Waals surface area contributed by atoms with E-state index >= 15 is 0 Å². The highest BCUT2D eigenvalue weighted by molar-refractivity contribution is 5.69. The van der Waals surface area contributed by atoms with E-state index in [9.17, 15) is 9.90 Å². The van der Waals surface area contributed by atoms with Crippen LogP contribution in [-0.4, -0.2) is 72.9 Å². The number of piperazine rings is 1. The number of esters is 1. The number of aliphatic hydroxyl groups is 1. The molecule has 1 aliphatic heterocycles. The van der Waals surface area contributed by atoms with Gasteiger partial charge in [0.05, 0.1) is 6.61 Å². The third kappa shape index (κ3) is 26.4. The number of aliphatic hydroxyl groups excluding tert-OH is 1. The van der Waals surface area contributed by atoms with Gasteiger partial charge in [-0.3, -0.25) is 9.69 Å². The fraction of sp³-hybridized carbons (Fsp3) is 0.837. The normalized spacial score (nSPS) is 15.5. The zero-order valence-electron chi connectivity index (χ0n) is 32.2. The fourth-order valence-corrected chi connectivity index (χ4v) is 6.79. The van der Waals surface area contributed by atoms with E-state index in [1.807, 2.05) is 0 Å². The molecule has 1 atom stereocenters. The lowest BCUT2D eigenvalue weighted by atomic mass is 9.87. The molecule has 1 rings (SSSR count). The minimum Gasteiger partial charge on any atom is -0.462 e. The summed E-state index contributed by atoms with van der Waals surface area (Å²) in [6.45, 7) is 13.0. The first kappa shape index (κ1) is 44.6. The van der Waals surface area contributed by atoms with Gasteiger partial charge in [0.25, 0.3) is 0 Å². The van der Waals surface area contributed by atoms with Gasteiger partial charge >= 0.3 is 5.97 Å². The van der Waals surface area contributed by atoms with Crippen molar-refractivity contribution in [2.75, 3.05) is 45.9 Å². The van der Waals surface area contributed by atoms with Crippen molar-refractivity contribution >= 4 is 5.97 Å². The topological polar surface area (TPSA) is 53.0 Å². The summed E-state index contributed by atoms with van der Waals surface area (Å²) >= 11 is 0. The van der Waals surface area contributed by atoms with Crippen molar-refractivity contribution in [1.29, 1.82) is 0 Å². The van der Waals surface area contributed by atoms with Crippen LogP contribution in [0.1, 0.15) is 175 Å². The highest BCUT2D eigenvalue weighted by Crippen LogP contribution is 2.27. The molecule has 0 aromatic heterocycles. The van der Waals surface area contributed by atoms with Crippen LogP contribution < -0.4 is 0 Å². The monoisotopic (exact) mass is 673 g/mol. The van der Waals surface area contributed by atoms with Crippen LogP contribution >= 0.6 is 0 Å². The van der Waals surface area contributed by atoms with Crippen molar-refractivity contribution in [2.45, 2.75) is 181 Å². The number of unbranched alkanes of at least 4 members (excludes halogenated alkanes) is 13. The number of β-amino-alcohol motifs (C(OH)–C–C–N with tert-alkyl or cyclic N) is 1. The third-order valence-electron chi connectivity index (χ3n) is 9.97. The summed E-state index contributed by atoms with van der Waals surface area (Å²) in [4.78, 5) is 18.1. The Balaban J connectivity index is 2.71. The predicted octanol–water partition coefficient (Wildman–Crippen LogP) is 11.2. The molecule has 1 fully saturated rings. The third-order valence-corrected chi connectivity index (χ3v) is 9.97. The van der Waals surface area contributed by atoms with Crippen LogP contribution in [0.5, 0.6) is 0 Å². The van der Waals surface area contributed by atoms with Crippen molar-refractivity contribution in [3.05, 3.63) is 36.5 Å². The molecule has 0 aromatic rings. The number of hydrogen-bond acceptors (Lipinski definition) is 5. The van der Waals surface area contributed by atoms with E-state index in [0.29, 0.717) is 12.3 Å². The van der Waals surface area contributed by atoms with E-state index in [2.05, 4.69) is 67.0 Å². The molecular formula is C43H80N2O3. The highest BCUT2D eigenvalue weighted by Gasteiger charge is 2.24. The summed E-state index contributed by atoms with van der Waals surface area (Å²) in [6.07, 6.45) is 42.1. The van der Waals surface area contributed by atoms with E-state index in [0.717, 1.165) is 97.1 Å². The number of carbonyl (C=O) groups excluding carboxylic acids is 1. The largest absolute Gasteiger partial charge is 0.462 e. The van der Waals surface area contributed by atoms with Crippen LogP contribution in [0.4, 0.5) is 0 Å². The van der Waals surface area contributed by atoms with Crippen molar-refractivity contribution in [2.24, 2.45) is 5.92 Å². The minimum absolute atomic E-state index is 0.0134. The minimum atomic E-state index is 0.0134. The predicted molar refractivity (Wildman–Crippen MR) is 209 cm³/mol. The second-order valence-corrected chi connectivity index (χ2v) is 14.3. The lowest BCUT2D eigenvalue weighted by Crippen LogP contribution is -2.47. The first-order chi connectivity index (χ1) is 23.6. The molecule has 0 aromatic carbocycles. The Labute approximate surface area is 299 Å². The summed E-state index contributed by atoms with van der Waals surface area (Å²) in [5.74, 6) is 0.458. The van der Waals surface area contributed by atoms with Gasteiger partial charge in [0.15, 0.2) is 0 Å². The van der Waals surface area contributed by atoms with E-state index in [1.54, 1.807) is 0 Å². The van der Waals surface area contributed by atoms with E-state index in [4.69, 9.17) is 4.74 Å². The Hall–Kier alpha value is -1.43. The number of ether oxygens (including phenoxy) is 1. The van der Waals surface area contributed by atoms with E-state index in [-0.39, 0.29) is 18.7 Å². The summed E-state index contributed by atoms with van der Waals surface area (Å²) in [7, 11) is 0. The van der Waals surface area contributed by atoms with E-state index < -0.39 is 0 Å². The van der Waals surface area contributed by atoms with Gasteiger partial charge in [-0.15, -0.1) is 0 Å². The maximum Gasteiger partial charge on any atom is 0.306 e. The molecule has 0 amide bonds. The Bertz CT molecular complexity index is 761. The summed E-state index contributed by atoms with van der Waals surface area (Å²) in [5, 5.41) is 9.20. The lowest BCUT2D eigenvalue weighted by molar-refractivity contribution is -0.153. The van der Waals surface area contributed by atoms with Crippen LogP contribution in [0.3, 0.4) is 0 Å². The van der Waals surface area contributed by atoms with Gasteiger partial charge in [-0.25, -0.2) is 0 Å². The SMILES string of the molecule is CCCCC/C=C\CCCC(CCC/C=C\CCCCC)C(CCC/C=C\CCCCC)OC(=O)CCCCN1CCN(CCO)CC1. The number of carbonyl (C=O) groups is 1. The van der Waals surface area contributed by atoms with Crippen molar-refractivity contribution < 1.29 is 14.6 Å². The van der Waals surface area contributed by atoms with Crippen molar-refractivity contribution in [3.8, 4) is 0 Å². The Morgan fingerprint density at radius 1 is 0.562 bits per heavy atom. The van der Waals surface area contributed by atoms with E-state index in [1.165, 1.54) is 89.9 Å². The second kappa shape index (κ2) is 34.0. The second-order valence-electron chi connectivity index (χ2n) is 14.3. The zero-order valence-corrected chi connectivity index (χ0v) is 32.2. The van der Waals surface area contributed by atoms with Crippen LogP contribution in [0.15, 0.2) is 36.5 Å². The molecule has 1 saturated heterocycles. The smallest absolute Gasteiger partial charge is 0.306 e. The van der Waals surface area contributed by atoms with Crippen LogP contribution in [0.25, 0.3) is 0 Å². The average molecular weight is 673 g/mol. The quantitative estimate of drug-likeness (QED) is 0.0427. The Morgan fingerprint density at radius 2 is 0.979 bits per heavy atom. The summed E-state index contributed by atoms with van der Waals surface area (Å²) in [6, 6.07) is 0. The van der Waals surface area contributed by atoms with Crippen LogP contribution in [0, 0.1) is 5.92 Å².